The summed E-state index contributed by atoms with van der Waals surface area (Å²) < 4.78 is 5.67. The molecule has 0 saturated heterocycles. The summed E-state index contributed by atoms with van der Waals surface area (Å²) in [6.45, 7) is 3.86. The fraction of sp³-hybridized carbons (Fsp3) is 0.700. The number of hydrogen-bond acceptors (Lipinski definition) is 3. The van der Waals surface area contributed by atoms with Crippen molar-refractivity contribution in [1.29, 1.82) is 0 Å². The smallest absolute Gasteiger partial charge is 0.302 e. The van der Waals surface area contributed by atoms with Crippen LogP contribution in [0, 0.1) is 29.1 Å². The molecule has 4 aliphatic rings. The fourth-order valence-corrected chi connectivity index (χ4v) is 6.00. The molecule has 3 nitrogen and oxygen atoms in total. The molecule has 3 heteroatoms. The van der Waals surface area contributed by atoms with Crippen LogP contribution in [0.4, 0.5) is 0 Å². The highest BCUT2D eigenvalue weighted by Crippen LogP contribution is 2.60. The lowest BCUT2D eigenvalue weighted by molar-refractivity contribution is -0.155. The fourth-order valence-electron chi connectivity index (χ4n) is 6.00. The van der Waals surface area contributed by atoms with E-state index in [0.29, 0.717) is 30.1 Å². The quantitative estimate of drug-likeness (QED) is 0.691. The second-order valence-corrected chi connectivity index (χ2v) is 8.18. The van der Waals surface area contributed by atoms with Gasteiger partial charge in [0.1, 0.15) is 6.10 Å². The highest BCUT2D eigenvalue weighted by molar-refractivity contribution is 5.91. The van der Waals surface area contributed by atoms with Gasteiger partial charge in [0.2, 0.25) is 0 Å². The van der Waals surface area contributed by atoms with E-state index in [2.05, 4.69) is 19.1 Å². The van der Waals surface area contributed by atoms with Crippen LogP contribution < -0.4 is 0 Å². The maximum absolute atomic E-state index is 11.7. The Kier molecular flexibility index (Phi) is 3.51. The molecule has 4 rings (SSSR count). The standard InChI is InChI=1S/C20H26O3/c1-12(21)23-19-8-7-18-17-5-3-13-11-14(22)4-6-15(13)16(17)9-10-20(18,19)2/h3,5,11,15-19H,4,6-10H2,1-2H3/t15-,16-,17+,18+,19+,20-/m0/s1. The van der Waals surface area contributed by atoms with Gasteiger partial charge in [0.05, 0.1) is 0 Å². The van der Waals surface area contributed by atoms with E-state index in [-0.39, 0.29) is 23.3 Å². The minimum absolute atomic E-state index is 0.0872. The van der Waals surface area contributed by atoms with Crippen LogP contribution in [0.5, 0.6) is 0 Å². The molecule has 0 unspecified atom stereocenters. The van der Waals surface area contributed by atoms with E-state index in [1.54, 1.807) is 0 Å². The average molecular weight is 314 g/mol. The highest BCUT2D eigenvalue weighted by atomic mass is 16.5. The van der Waals surface area contributed by atoms with Crippen LogP contribution in [-0.4, -0.2) is 17.9 Å². The number of rotatable bonds is 1. The molecule has 23 heavy (non-hydrogen) atoms. The zero-order valence-electron chi connectivity index (χ0n) is 14.1. The first-order valence-corrected chi connectivity index (χ1v) is 9.09. The molecule has 0 aliphatic heterocycles. The van der Waals surface area contributed by atoms with Crippen LogP contribution in [0.3, 0.4) is 0 Å². The lowest BCUT2D eigenvalue weighted by Gasteiger charge is -2.51. The lowest BCUT2D eigenvalue weighted by Crippen LogP contribution is -2.47. The normalized spacial score (nSPS) is 44.9. The van der Waals surface area contributed by atoms with Crippen molar-refractivity contribution in [3.05, 3.63) is 23.8 Å². The topological polar surface area (TPSA) is 43.4 Å². The van der Waals surface area contributed by atoms with E-state index in [9.17, 15) is 9.59 Å². The number of esters is 1. The second-order valence-electron chi connectivity index (χ2n) is 8.18. The van der Waals surface area contributed by atoms with Crippen molar-refractivity contribution in [2.24, 2.45) is 29.1 Å². The second kappa shape index (κ2) is 5.32. The highest BCUT2D eigenvalue weighted by Gasteiger charge is 2.56. The van der Waals surface area contributed by atoms with Crippen molar-refractivity contribution in [2.75, 3.05) is 0 Å². The van der Waals surface area contributed by atoms with Crippen molar-refractivity contribution < 1.29 is 14.3 Å². The summed E-state index contributed by atoms with van der Waals surface area (Å²) >= 11 is 0. The summed E-state index contributed by atoms with van der Waals surface area (Å²) in [5.74, 6) is 2.59. The number of fused-ring (bicyclic) bond motifs is 5. The van der Waals surface area contributed by atoms with Gasteiger partial charge in [0.15, 0.2) is 5.78 Å². The lowest BCUT2D eigenvalue weighted by atomic mass is 9.54. The van der Waals surface area contributed by atoms with Crippen LogP contribution in [0.25, 0.3) is 0 Å². The number of carbonyl (C=O) groups excluding carboxylic acids is 2. The monoisotopic (exact) mass is 314 g/mol. The first-order valence-electron chi connectivity index (χ1n) is 9.09. The van der Waals surface area contributed by atoms with Crippen LogP contribution in [0.15, 0.2) is 23.8 Å². The molecule has 0 aromatic carbocycles. The molecule has 0 amide bonds. The predicted molar refractivity (Wildman–Crippen MR) is 87.6 cm³/mol. The summed E-state index contributed by atoms with van der Waals surface area (Å²) in [5, 5.41) is 0. The molecular formula is C20H26O3. The molecule has 124 valence electrons. The Morgan fingerprint density at radius 1 is 1.26 bits per heavy atom. The SMILES string of the molecule is CC(=O)O[C@@H]1CC[C@@H]2[C@@H]3C=CC4=CC(=O)CC[C@@H]4[C@@H]3CC[C@@]21C. The first-order chi connectivity index (χ1) is 11.0. The summed E-state index contributed by atoms with van der Waals surface area (Å²) in [4.78, 5) is 23.1. The Labute approximate surface area is 138 Å². The van der Waals surface area contributed by atoms with Gasteiger partial charge in [-0.3, -0.25) is 9.59 Å². The molecule has 0 aromatic heterocycles. The molecule has 0 spiro atoms. The molecule has 0 heterocycles. The maximum Gasteiger partial charge on any atom is 0.302 e. The van der Waals surface area contributed by atoms with Gasteiger partial charge in [-0.2, -0.15) is 0 Å². The largest absolute Gasteiger partial charge is 0.462 e. The van der Waals surface area contributed by atoms with E-state index in [1.165, 1.54) is 18.9 Å². The molecule has 2 saturated carbocycles. The number of ether oxygens (including phenoxy) is 1. The molecule has 2 fully saturated rings. The molecular weight excluding hydrogens is 288 g/mol. The van der Waals surface area contributed by atoms with Gasteiger partial charge < -0.3 is 4.74 Å². The Hall–Kier alpha value is -1.38. The van der Waals surface area contributed by atoms with Crippen LogP contribution in [0.1, 0.15) is 52.4 Å². The van der Waals surface area contributed by atoms with Crippen LogP contribution >= 0.6 is 0 Å². The van der Waals surface area contributed by atoms with Gasteiger partial charge in [0.25, 0.3) is 0 Å². The van der Waals surface area contributed by atoms with Crippen LogP contribution in [-0.2, 0) is 14.3 Å². The van der Waals surface area contributed by atoms with Gasteiger partial charge in [-0.05, 0) is 67.4 Å². The van der Waals surface area contributed by atoms with Crippen molar-refractivity contribution in [2.45, 2.75) is 58.5 Å². The number of allylic oxidation sites excluding steroid dienone is 4. The molecule has 4 aliphatic carbocycles. The number of hydrogen-bond donors (Lipinski definition) is 0. The number of carbonyl (C=O) groups is 2. The van der Waals surface area contributed by atoms with Crippen LogP contribution in [0.2, 0.25) is 0 Å². The van der Waals surface area contributed by atoms with Gasteiger partial charge in [-0.1, -0.05) is 19.1 Å². The molecule has 0 aromatic rings. The summed E-state index contributed by atoms with van der Waals surface area (Å²) in [5.41, 5.74) is 1.39. The summed E-state index contributed by atoms with van der Waals surface area (Å²) in [6.07, 6.45) is 12.8. The van der Waals surface area contributed by atoms with E-state index < -0.39 is 0 Å². The van der Waals surface area contributed by atoms with Crippen molar-refractivity contribution in [1.82, 2.24) is 0 Å². The summed E-state index contributed by atoms with van der Waals surface area (Å²) in [6, 6.07) is 0. The van der Waals surface area contributed by atoms with Gasteiger partial charge >= 0.3 is 5.97 Å². The number of ketones is 1. The summed E-state index contributed by atoms with van der Waals surface area (Å²) in [7, 11) is 0. The van der Waals surface area contributed by atoms with Gasteiger partial charge in [-0.15, -0.1) is 0 Å². The Morgan fingerprint density at radius 2 is 2.09 bits per heavy atom. The van der Waals surface area contributed by atoms with Gasteiger partial charge in [-0.25, -0.2) is 0 Å². The Bertz CT molecular complexity index is 602. The van der Waals surface area contributed by atoms with Crippen molar-refractivity contribution in [3.8, 4) is 0 Å². The average Bonchev–Trinajstić information content (AvgIpc) is 2.83. The minimum Gasteiger partial charge on any atom is -0.462 e. The predicted octanol–water partition coefficient (Wildman–Crippen LogP) is 3.84. The molecule has 6 atom stereocenters. The van der Waals surface area contributed by atoms with E-state index in [1.807, 2.05) is 6.08 Å². The van der Waals surface area contributed by atoms with Crippen molar-refractivity contribution >= 4 is 11.8 Å². The third-order valence-electron chi connectivity index (χ3n) is 7.09. The van der Waals surface area contributed by atoms with E-state index in [0.717, 1.165) is 25.7 Å². The molecule has 0 N–H and O–H groups in total. The van der Waals surface area contributed by atoms with E-state index in [4.69, 9.17) is 4.74 Å². The minimum atomic E-state index is -0.144. The van der Waals surface area contributed by atoms with E-state index >= 15 is 0 Å². The third kappa shape index (κ3) is 2.31. The Morgan fingerprint density at radius 3 is 2.87 bits per heavy atom. The molecule has 0 radical (unpaired) electrons. The third-order valence-corrected chi connectivity index (χ3v) is 7.09. The first kappa shape index (κ1) is 15.2. The Balaban J connectivity index is 1.62. The van der Waals surface area contributed by atoms with Crippen molar-refractivity contribution in [3.63, 3.8) is 0 Å². The zero-order chi connectivity index (χ0) is 16.2. The molecule has 0 bridgehead atoms. The van der Waals surface area contributed by atoms with Gasteiger partial charge in [0, 0.05) is 18.8 Å². The zero-order valence-corrected chi connectivity index (χ0v) is 14.1. The maximum atomic E-state index is 11.7.